The van der Waals surface area contributed by atoms with Gasteiger partial charge in [0.25, 0.3) is 0 Å². The zero-order valence-electron chi connectivity index (χ0n) is 12.7. The van der Waals surface area contributed by atoms with Gasteiger partial charge in [-0.1, -0.05) is 19.9 Å². The van der Waals surface area contributed by atoms with E-state index in [2.05, 4.69) is 13.0 Å². The van der Waals surface area contributed by atoms with Gasteiger partial charge in [-0.05, 0) is 48.9 Å². The van der Waals surface area contributed by atoms with Crippen molar-refractivity contribution >= 4 is 5.97 Å². The van der Waals surface area contributed by atoms with E-state index in [4.69, 9.17) is 9.47 Å². The molecule has 0 aliphatic heterocycles. The lowest BCUT2D eigenvalue weighted by molar-refractivity contribution is -0.146. The molecule has 0 heterocycles. The first-order valence-electron chi connectivity index (χ1n) is 6.62. The molecule has 0 aliphatic carbocycles. The van der Waals surface area contributed by atoms with Gasteiger partial charge in [0, 0.05) is 0 Å². The number of ether oxygens (including phenoxy) is 2. The molecule has 19 heavy (non-hydrogen) atoms. The number of carbonyl (C=O) groups is 1. The molecule has 1 aromatic carbocycles. The largest absolute Gasteiger partial charge is 0.496 e. The SMILES string of the molecule is COC(=O)C(Cc1c(C)cc(C)cc1OC)C(C)C. The number of methoxy groups -OCH3 is 2. The van der Waals surface area contributed by atoms with Gasteiger partial charge in [0.1, 0.15) is 5.75 Å². The Kier molecular flexibility index (Phi) is 5.40. The maximum absolute atomic E-state index is 11.9. The molecule has 0 saturated heterocycles. The van der Waals surface area contributed by atoms with Gasteiger partial charge in [-0.25, -0.2) is 0 Å². The van der Waals surface area contributed by atoms with Crippen LogP contribution in [0.4, 0.5) is 0 Å². The van der Waals surface area contributed by atoms with Gasteiger partial charge in [-0.15, -0.1) is 0 Å². The van der Waals surface area contributed by atoms with Crippen LogP contribution in [-0.2, 0) is 16.0 Å². The molecule has 1 atom stereocenters. The lowest BCUT2D eigenvalue weighted by Gasteiger charge is -2.21. The second-order valence-electron chi connectivity index (χ2n) is 5.34. The van der Waals surface area contributed by atoms with E-state index in [1.54, 1.807) is 7.11 Å². The molecule has 0 amide bonds. The van der Waals surface area contributed by atoms with Gasteiger partial charge in [-0.2, -0.15) is 0 Å². The summed E-state index contributed by atoms with van der Waals surface area (Å²) in [6.45, 7) is 8.17. The van der Waals surface area contributed by atoms with Crippen LogP contribution in [0.5, 0.6) is 5.75 Å². The molecular formula is C16H24O3. The summed E-state index contributed by atoms with van der Waals surface area (Å²) >= 11 is 0. The first-order valence-corrected chi connectivity index (χ1v) is 6.62. The molecule has 1 rings (SSSR count). The van der Waals surface area contributed by atoms with E-state index >= 15 is 0 Å². The van der Waals surface area contributed by atoms with Crippen molar-refractivity contribution in [2.75, 3.05) is 14.2 Å². The Hall–Kier alpha value is -1.51. The minimum Gasteiger partial charge on any atom is -0.496 e. The molecule has 0 aliphatic rings. The highest BCUT2D eigenvalue weighted by Crippen LogP contribution is 2.29. The molecule has 0 radical (unpaired) electrons. The standard InChI is InChI=1S/C16H24O3/c1-10(2)13(16(17)19-6)9-14-12(4)7-11(3)8-15(14)18-5/h7-8,10,13H,9H2,1-6H3. The molecule has 0 aromatic heterocycles. The maximum Gasteiger partial charge on any atom is 0.309 e. The average molecular weight is 264 g/mol. The third kappa shape index (κ3) is 3.72. The first kappa shape index (κ1) is 15.5. The Balaban J connectivity index is 3.12. The zero-order chi connectivity index (χ0) is 14.6. The summed E-state index contributed by atoms with van der Waals surface area (Å²) in [5.41, 5.74) is 3.42. The predicted molar refractivity (Wildman–Crippen MR) is 76.5 cm³/mol. The van der Waals surface area contributed by atoms with Crippen molar-refractivity contribution in [3.8, 4) is 5.75 Å². The number of hydrogen-bond acceptors (Lipinski definition) is 3. The highest BCUT2D eigenvalue weighted by atomic mass is 16.5. The van der Waals surface area contributed by atoms with Crippen LogP contribution in [0.25, 0.3) is 0 Å². The Labute approximate surface area is 115 Å². The van der Waals surface area contributed by atoms with Gasteiger partial charge in [0.2, 0.25) is 0 Å². The third-order valence-electron chi connectivity index (χ3n) is 3.53. The van der Waals surface area contributed by atoms with Crippen LogP contribution in [0.3, 0.4) is 0 Å². The molecule has 0 saturated carbocycles. The van der Waals surface area contributed by atoms with Crippen LogP contribution in [0, 0.1) is 25.7 Å². The summed E-state index contributed by atoms with van der Waals surface area (Å²) < 4.78 is 10.4. The van der Waals surface area contributed by atoms with E-state index in [0.29, 0.717) is 6.42 Å². The smallest absolute Gasteiger partial charge is 0.309 e. The van der Waals surface area contributed by atoms with Crippen molar-refractivity contribution in [1.29, 1.82) is 0 Å². The summed E-state index contributed by atoms with van der Waals surface area (Å²) in [4.78, 5) is 11.9. The summed E-state index contributed by atoms with van der Waals surface area (Å²) in [6.07, 6.45) is 0.652. The molecule has 1 aromatic rings. The number of benzene rings is 1. The number of carbonyl (C=O) groups excluding carboxylic acids is 1. The first-order chi connectivity index (χ1) is 8.90. The number of esters is 1. The molecule has 3 nitrogen and oxygen atoms in total. The van der Waals surface area contributed by atoms with E-state index in [1.807, 2.05) is 26.8 Å². The lowest BCUT2D eigenvalue weighted by atomic mass is 9.87. The molecule has 0 N–H and O–H groups in total. The molecule has 0 fully saturated rings. The fourth-order valence-corrected chi connectivity index (χ4v) is 2.36. The summed E-state index contributed by atoms with van der Waals surface area (Å²) in [5.74, 6) is 0.794. The summed E-state index contributed by atoms with van der Waals surface area (Å²) in [6, 6.07) is 4.13. The van der Waals surface area contributed by atoms with Crippen molar-refractivity contribution in [3.63, 3.8) is 0 Å². The van der Waals surface area contributed by atoms with E-state index < -0.39 is 0 Å². The third-order valence-corrected chi connectivity index (χ3v) is 3.53. The normalized spacial score (nSPS) is 12.4. The van der Waals surface area contributed by atoms with Crippen LogP contribution in [0.2, 0.25) is 0 Å². The molecule has 106 valence electrons. The minimum atomic E-state index is -0.156. The van der Waals surface area contributed by atoms with Crippen molar-refractivity contribution in [3.05, 3.63) is 28.8 Å². The predicted octanol–water partition coefficient (Wildman–Crippen LogP) is 3.30. The van der Waals surface area contributed by atoms with Crippen LogP contribution < -0.4 is 4.74 Å². The van der Waals surface area contributed by atoms with Gasteiger partial charge >= 0.3 is 5.97 Å². The van der Waals surface area contributed by atoms with E-state index in [0.717, 1.165) is 22.4 Å². The fourth-order valence-electron chi connectivity index (χ4n) is 2.36. The molecular weight excluding hydrogens is 240 g/mol. The molecule has 3 heteroatoms. The van der Waals surface area contributed by atoms with Gasteiger partial charge in [0.05, 0.1) is 20.1 Å². The van der Waals surface area contributed by atoms with Crippen LogP contribution in [0.15, 0.2) is 12.1 Å². The quantitative estimate of drug-likeness (QED) is 0.765. The second-order valence-corrected chi connectivity index (χ2v) is 5.34. The highest BCUT2D eigenvalue weighted by Gasteiger charge is 2.25. The molecule has 1 unspecified atom stereocenters. The van der Waals surface area contributed by atoms with E-state index in [1.165, 1.54) is 7.11 Å². The van der Waals surface area contributed by atoms with Crippen LogP contribution in [0.1, 0.15) is 30.5 Å². The minimum absolute atomic E-state index is 0.139. The monoisotopic (exact) mass is 264 g/mol. The Morgan fingerprint density at radius 3 is 2.32 bits per heavy atom. The summed E-state index contributed by atoms with van der Waals surface area (Å²) in [7, 11) is 3.11. The van der Waals surface area contributed by atoms with Crippen molar-refractivity contribution in [2.45, 2.75) is 34.1 Å². The Morgan fingerprint density at radius 1 is 1.21 bits per heavy atom. The fraction of sp³-hybridized carbons (Fsp3) is 0.562. The lowest BCUT2D eigenvalue weighted by Crippen LogP contribution is -2.24. The van der Waals surface area contributed by atoms with Crippen molar-refractivity contribution < 1.29 is 14.3 Å². The van der Waals surface area contributed by atoms with Gasteiger partial charge in [0.15, 0.2) is 0 Å². The molecule has 0 spiro atoms. The van der Waals surface area contributed by atoms with Crippen LogP contribution >= 0.6 is 0 Å². The van der Waals surface area contributed by atoms with Crippen molar-refractivity contribution in [1.82, 2.24) is 0 Å². The van der Waals surface area contributed by atoms with Crippen LogP contribution in [-0.4, -0.2) is 20.2 Å². The topological polar surface area (TPSA) is 35.5 Å². The highest BCUT2D eigenvalue weighted by molar-refractivity contribution is 5.73. The second kappa shape index (κ2) is 6.60. The molecule has 0 bridgehead atoms. The van der Waals surface area contributed by atoms with E-state index in [9.17, 15) is 4.79 Å². The van der Waals surface area contributed by atoms with Crippen molar-refractivity contribution in [2.24, 2.45) is 11.8 Å². The maximum atomic E-state index is 11.9. The Morgan fingerprint density at radius 2 is 1.84 bits per heavy atom. The number of hydrogen-bond donors (Lipinski definition) is 0. The van der Waals surface area contributed by atoms with Gasteiger partial charge < -0.3 is 9.47 Å². The van der Waals surface area contributed by atoms with E-state index in [-0.39, 0.29) is 17.8 Å². The number of aryl methyl sites for hydroxylation is 2. The number of rotatable bonds is 5. The average Bonchev–Trinajstić information content (AvgIpc) is 2.35. The Bertz CT molecular complexity index is 450. The zero-order valence-corrected chi connectivity index (χ0v) is 12.7. The summed E-state index contributed by atoms with van der Waals surface area (Å²) in [5, 5.41) is 0. The van der Waals surface area contributed by atoms with Gasteiger partial charge in [-0.3, -0.25) is 4.79 Å².